The molecule has 0 radical (unpaired) electrons. The van der Waals surface area contributed by atoms with Gasteiger partial charge in [-0.2, -0.15) is 0 Å². The van der Waals surface area contributed by atoms with Crippen LogP contribution in [0.25, 0.3) is 11.3 Å². The summed E-state index contributed by atoms with van der Waals surface area (Å²) in [5.74, 6) is 0.814. The lowest BCUT2D eigenvalue weighted by molar-refractivity contribution is -0.122. The molecule has 1 aromatic heterocycles. The van der Waals surface area contributed by atoms with Gasteiger partial charge >= 0.3 is 0 Å². The highest BCUT2D eigenvalue weighted by Gasteiger charge is 2.33. The summed E-state index contributed by atoms with van der Waals surface area (Å²) in [6.07, 6.45) is 0.115. The largest absolute Gasteiger partial charge is 0.480 e. The third kappa shape index (κ3) is 3.05. The number of nitrogens with zero attached hydrogens (tertiary/aromatic N) is 1. The van der Waals surface area contributed by atoms with Crippen LogP contribution in [-0.4, -0.2) is 16.9 Å². The van der Waals surface area contributed by atoms with E-state index in [9.17, 15) is 4.79 Å². The van der Waals surface area contributed by atoms with E-state index in [4.69, 9.17) is 21.3 Å². The number of fused-ring (bicyclic) bond motifs is 1. The van der Waals surface area contributed by atoms with Crippen LogP contribution in [0.15, 0.2) is 24.3 Å². The van der Waals surface area contributed by atoms with Crippen molar-refractivity contribution in [1.29, 1.82) is 0 Å². The number of aromatic nitrogens is 1. The van der Waals surface area contributed by atoms with E-state index in [0.717, 1.165) is 38.9 Å². The van der Waals surface area contributed by atoms with Crippen LogP contribution >= 0.6 is 11.6 Å². The Labute approximate surface area is 148 Å². The van der Waals surface area contributed by atoms with Crippen LogP contribution in [0.2, 0.25) is 5.02 Å². The van der Waals surface area contributed by atoms with Gasteiger partial charge in [-0.3, -0.25) is 4.79 Å². The first kappa shape index (κ1) is 17.0. The lowest BCUT2D eigenvalue weighted by Gasteiger charge is -2.23. The summed E-state index contributed by atoms with van der Waals surface area (Å²) in [7, 11) is 0. The van der Waals surface area contributed by atoms with Crippen LogP contribution in [0.4, 0.5) is 0 Å². The van der Waals surface area contributed by atoms with Gasteiger partial charge in [-0.25, -0.2) is 4.98 Å². The van der Waals surface area contributed by atoms with Crippen molar-refractivity contribution in [3.63, 3.8) is 0 Å². The molecule has 4 heteroatoms. The van der Waals surface area contributed by atoms with Gasteiger partial charge in [0.05, 0.1) is 11.4 Å². The minimum Gasteiger partial charge on any atom is -0.480 e. The average Bonchev–Trinajstić information content (AvgIpc) is 2.92. The first-order valence-corrected chi connectivity index (χ1v) is 8.52. The van der Waals surface area contributed by atoms with E-state index in [-0.39, 0.29) is 11.2 Å². The molecule has 0 saturated carbocycles. The number of benzene rings is 1. The number of Topliss-reactive ketones (excluding diaryl/α,β-unsaturated/α-hetero) is 1. The molecule has 1 aliphatic heterocycles. The van der Waals surface area contributed by atoms with E-state index in [0.29, 0.717) is 6.42 Å². The number of pyridine rings is 1. The van der Waals surface area contributed by atoms with Gasteiger partial charge in [0.1, 0.15) is 5.75 Å². The molecule has 2 heterocycles. The number of ether oxygens (including phenoxy) is 1. The molecule has 0 aliphatic carbocycles. The fourth-order valence-corrected chi connectivity index (χ4v) is 3.07. The number of carbonyl (C=O) groups excluding carboxylic acids is 1. The summed E-state index contributed by atoms with van der Waals surface area (Å²) in [5.41, 5.74) is 4.79. The number of ketones is 1. The van der Waals surface area contributed by atoms with Crippen molar-refractivity contribution < 1.29 is 9.53 Å². The van der Waals surface area contributed by atoms with Crippen molar-refractivity contribution in [1.82, 2.24) is 4.98 Å². The monoisotopic (exact) mass is 343 g/mol. The van der Waals surface area contributed by atoms with Crippen LogP contribution in [-0.2, 0) is 16.6 Å². The van der Waals surface area contributed by atoms with Crippen molar-refractivity contribution in [2.75, 3.05) is 0 Å². The van der Waals surface area contributed by atoms with Crippen molar-refractivity contribution in [2.45, 2.75) is 52.6 Å². The minimum atomic E-state index is -0.421. The van der Waals surface area contributed by atoms with E-state index in [2.05, 4.69) is 26.8 Å². The Kier molecular flexibility index (Phi) is 4.16. The first-order chi connectivity index (χ1) is 11.2. The summed E-state index contributed by atoms with van der Waals surface area (Å²) in [4.78, 5) is 16.5. The summed E-state index contributed by atoms with van der Waals surface area (Å²) in [6, 6.07) is 7.99. The Bertz CT molecular complexity index is 821. The SMILES string of the molecule is CC(=O)C1Cc2nc(-c3ccc(Cl)c(C)c3)cc(C(C)(C)C)c2O1. The minimum absolute atomic E-state index is 0.0387. The van der Waals surface area contributed by atoms with Crippen molar-refractivity contribution in [2.24, 2.45) is 0 Å². The molecule has 0 N–H and O–H groups in total. The van der Waals surface area contributed by atoms with Gasteiger partial charge in [0.2, 0.25) is 0 Å². The average molecular weight is 344 g/mol. The van der Waals surface area contributed by atoms with Gasteiger partial charge in [0, 0.05) is 22.6 Å². The number of hydrogen-bond acceptors (Lipinski definition) is 3. The van der Waals surface area contributed by atoms with Gasteiger partial charge < -0.3 is 4.74 Å². The fraction of sp³-hybridized carbons (Fsp3) is 0.400. The number of carbonyl (C=O) groups is 1. The maximum Gasteiger partial charge on any atom is 0.170 e. The molecule has 0 bridgehead atoms. The predicted molar refractivity (Wildman–Crippen MR) is 96.9 cm³/mol. The maximum absolute atomic E-state index is 11.7. The third-order valence-corrected chi connectivity index (χ3v) is 4.82. The molecule has 0 fully saturated rings. The van der Waals surface area contributed by atoms with E-state index in [1.807, 2.05) is 25.1 Å². The van der Waals surface area contributed by atoms with E-state index in [1.54, 1.807) is 6.92 Å². The highest BCUT2D eigenvalue weighted by atomic mass is 35.5. The zero-order chi connectivity index (χ0) is 17.6. The molecule has 3 rings (SSSR count). The first-order valence-electron chi connectivity index (χ1n) is 8.15. The van der Waals surface area contributed by atoms with Gasteiger partial charge in [0.15, 0.2) is 11.9 Å². The molecular formula is C20H22ClNO2. The van der Waals surface area contributed by atoms with Crippen LogP contribution in [0.1, 0.15) is 44.5 Å². The van der Waals surface area contributed by atoms with Gasteiger partial charge in [0.25, 0.3) is 0 Å². The molecule has 1 unspecified atom stereocenters. The fourth-order valence-electron chi connectivity index (χ4n) is 2.95. The van der Waals surface area contributed by atoms with Crippen LogP contribution in [0.3, 0.4) is 0 Å². The molecule has 2 aromatic rings. The number of halogens is 1. The topological polar surface area (TPSA) is 39.2 Å². The van der Waals surface area contributed by atoms with Crippen LogP contribution in [0, 0.1) is 6.92 Å². The molecule has 24 heavy (non-hydrogen) atoms. The van der Waals surface area contributed by atoms with Crippen molar-refractivity contribution >= 4 is 17.4 Å². The van der Waals surface area contributed by atoms with Gasteiger partial charge in [-0.15, -0.1) is 0 Å². The normalized spacial score (nSPS) is 16.7. The van der Waals surface area contributed by atoms with Gasteiger partial charge in [-0.1, -0.05) is 38.4 Å². The Morgan fingerprint density at radius 3 is 2.58 bits per heavy atom. The molecule has 0 amide bonds. The number of aryl methyl sites for hydroxylation is 1. The molecule has 0 spiro atoms. The molecule has 1 atom stereocenters. The second kappa shape index (κ2) is 5.89. The van der Waals surface area contributed by atoms with Gasteiger partial charge in [-0.05, 0) is 43.0 Å². The van der Waals surface area contributed by atoms with E-state index in [1.165, 1.54) is 0 Å². The maximum atomic E-state index is 11.7. The Balaban J connectivity index is 2.15. The predicted octanol–water partition coefficient (Wildman–Crippen LogP) is 4.90. The molecule has 3 nitrogen and oxygen atoms in total. The zero-order valence-electron chi connectivity index (χ0n) is 14.7. The zero-order valence-corrected chi connectivity index (χ0v) is 15.5. The standard InChI is InChI=1S/C20H22ClNO2/c1-11-8-13(6-7-15(11)21)16-9-14(20(3,4)5)19-17(22-16)10-18(24-19)12(2)23/h6-9,18H,10H2,1-5H3. The lowest BCUT2D eigenvalue weighted by Crippen LogP contribution is -2.22. The third-order valence-electron chi connectivity index (χ3n) is 4.40. The summed E-state index contributed by atoms with van der Waals surface area (Å²) < 4.78 is 5.93. The van der Waals surface area contributed by atoms with E-state index >= 15 is 0 Å². The van der Waals surface area contributed by atoms with Crippen molar-refractivity contribution in [3.05, 3.63) is 46.1 Å². The molecule has 0 saturated heterocycles. The molecule has 1 aliphatic rings. The highest BCUT2D eigenvalue weighted by Crippen LogP contribution is 2.40. The summed E-state index contributed by atoms with van der Waals surface area (Å²) in [5, 5.41) is 0.746. The Morgan fingerprint density at radius 1 is 1.29 bits per heavy atom. The van der Waals surface area contributed by atoms with Crippen molar-refractivity contribution in [3.8, 4) is 17.0 Å². The van der Waals surface area contributed by atoms with E-state index < -0.39 is 6.10 Å². The Morgan fingerprint density at radius 2 is 2.00 bits per heavy atom. The lowest BCUT2D eigenvalue weighted by atomic mass is 9.85. The highest BCUT2D eigenvalue weighted by molar-refractivity contribution is 6.31. The smallest absolute Gasteiger partial charge is 0.170 e. The van der Waals surface area contributed by atoms with Crippen LogP contribution < -0.4 is 4.74 Å². The number of hydrogen-bond donors (Lipinski definition) is 0. The molecular weight excluding hydrogens is 322 g/mol. The summed E-state index contributed by atoms with van der Waals surface area (Å²) >= 11 is 6.14. The number of rotatable bonds is 2. The molecule has 1 aromatic carbocycles. The quantitative estimate of drug-likeness (QED) is 0.778. The van der Waals surface area contributed by atoms with Crippen LogP contribution in [0.5, 0.6) is 5.75 Å². The Hall–Kier alpha value is -1.87. The summed E-state index contributed by atoms with van der Waals surface area (Å²) in [6.45, 7) is 9.98. The second-order valence-electron chi connectivity index (χ2n) is 7.47. The molecule has 126 valence electrons. The second-order valence-corrected chi connectivity index (χ2v) is 7.87.